The fourth-order valence-corrected chi connectivity index (χ4v) is 2.15. The van der Waals surface area contributed by atoms with E-state index < -0.39 is 0 Å². The van der Waals surface area contributed by atoms with Gasteiger partial charge >= 0.3 is 0 Å². The highest BCUT2D eigenvalue weighted by molar-refractivity contribution is 6.31. The van der Waals surface area contributed by atoms with Crippen molar-refractivity contribution in [1.82, 2.24) is 0 Å². The van der Waals surface area contributed by atoms with E-state index in [0.717, 1.165) is 17.3 Å². The molecule has 1 aromatic rings. The highest BCUT2D eigenvalue weighted by atomic mass is 35.5. The number of benzene rings is 1. The van der Waals surface area contributed by atoms with Crippen LogP contribution in [0.15, 0.2) is 18.2 Å². The zero-order chi connectivity index (χ0) is 10.8. The van der Waals surface area contributed by atoms with Gasteiger partial charge in [0.2, 0.25) is 0 Å². The van der Waals surface area contributed by atoms with Gasteiger partial charge in [-0.25, -0.2) is 0 Å². The first kappa shape index (κ1) is 10.6. The van der Waals surface area contributed by atoms with Gasteiger partial charge in [0.05, 0.1) is 11.4 Å². The molecular weight excluding hydrogens is 208 g/mol. The van der Waals surface area contributed by atoms with Gasteiger partial charge in [-0.05, 0) is 43.9 Å². The second-order valence-corrected chi connectivity index (χ2v) is 4.79. The van der Waals surface area contributed by atoms with Crippen LogP contribution in [0.4, 0.5) is 11.4 Å². The van der Waals surface area contributed by atoms with Gasteiger partial charge in [-0.3, -0.25) is 0 Å². The SMILES string of the molecule is CC(Nc1ccc(Cl)cc1N)C1CCC1. The number of nitrogens with two attached hydrogens (primary N) is 1. The van der Waals surface area contributed by atoms with E-state index in [4.69, 9.17) is 17.3 Å². The summed E-state index contributed by atoms with van der Waals surface area (Å²) < 4.78 is 0. The molecule has 0 radical (unpaired) electrons. The Morgan fingerprint density at radius 2 is 2.20 bits per heavy atom. The number of halogens is 1. The molecule has 0 bridgehead atoms. The summed E-state index contributed by atoms with van der Waals surface area (Å²) in [6.07, 6.45) is 4.04. The number of anilines is 2. The molecule has 0 heterocycles. The molecule has 82 valence electrons. The maximum atomic E-state index is 5.88. The highest BCUT2D eigenvalue weighted by Crippen LogP contribution is 2.32. The van der Waals surface area contributed by atoms with Crippen LogP contribution in [-0.2, 0) is 0 Å². The van der Waals surface area contributed by atoms with Crippen molar-refractivity contribution in [1.29, 1.82) is 0 Å². The third-order valence-corrected chi connectivity index (χ3v) is 3.49. The van der Waals surface area contributed by atoms with Crippen LogP contribution in [0.5, 0.6) is 0 Å². The number of rotatable bonds is 3. The fraction of sp³-hybridized carbons (Fsp3) is 0.500. The molecule has 0 spiro atoms. The van der Waals surface area contributed by atoms with E-state index in [-0.39, 0.29) is 0 Å². The summed E-state index contributed by atoms with van der Waals surface area (Å²) in [6.45, 7) is 2.22. The minimum atomic E-state index is 0.502. The van der Waals surface area contributed by atoms with Crippen LogP contribution in [0.2, 0.25) is 5.02 Å². The maximum absolute atomic E-state index is 5.88. The van der Waals surface area contributed by atoms with Crippen molar-refractivity contribution in [3.8, 4) is 0 Å². The molecule has 0 aliphatic heterocycles. The Morgan fingerprint density at radius 3 is 2.73 bits per heavy atom. The van der Waals surface area contributed by atoms with E-state index in [1.807, 2.05) is 12.1 Å². The topological polar surface area (TPSA) is 38.0 Å². The Hall–Kier alpha value is -0.890. The van der Waals surface area contributed by atoms with Gasteiger partial charge in [-0.1, -0.05) is 18.0 Å². The molecule has 0 aromatic heterocycles. The lowest BCUT2D eigenvalue weighted by molar-refractivity contribution is 0.285. The lowest BCUT2D eigenvalue weighted by Crippen LogP contribution is -2.31. The molecule has 1 atom stereocenters. The van der Waals surface area contributed by atoms with E-state index in [2.05, 4.69) is 12.2 Å². The van der Waals surface area contributed by atoms with E-state index in [1.54, 1.807) is 6.07 Å². The van der Waals surface area contributed by atoms with E-state index in [0.29, 0.717) is 11.1 Å². The molecule has 0 amide bonds. The predicted octanol–water partition coefficient (Wildman–Crippen LogP) is 3.52. The van der Waals surface area contributed by atoms with Crippen molar-refractivity contribution in [2.45, 2.75) is 32.2 Å². The minimum Gasteiger partial charge on any atom is -0.397 e. The van der Waals surface area contributed by atoms with Crippen molar-refractivity contribution in [3.05, 3.63) is 23.2 Å². The number of nitrogens with one attached hydrogen (secondary N) is 1. The van der Waals surface area contributed by atoms with E-state index in [1.165, 1.54) is 19.3 Å². The number of hydrogen-bond donors (Lipinski definition) is 2. The van der Waals surface area contributed by atoms with Gasteiger partial charge in [-0.15, -0.1) is 0 Å². The van der Waals surface area contributed by atoms with Gasteiger partial charge in [-0.2, -0.15) is 0 Å². The van der Waals surface area contributed by atoms with Crippen molar-refractivity contribution < 1.29 is 0 Å². The summed E-state index contributed by atoms with van der Waals surface area (Å²) in [5.74, 6) is 0.806. The normalized spacial score (nSPS) is 18.3. The zero-order valence-electron chi connectivity index (χ0n) is 8.96. The smallest absolute Gasteiger partial charge is 0.0577 e. The third-order valence-electron chi connectivity index (χ3n) is 3.25. The third kappa shape index (κ3) is 2.37. The molecule has 2 nitrogen and oxygen atoms in total. The first-order chi connectivity index (χ1) is 7.16. The molecule has 15 heavy (non-hydrogen) atoms. The predicted molar refractivity (Wildman–Crippen MR) is 66.3 cm³/mol. The lowest BCUT2D eigenvalue weighted by atomic mass is 9.80. The molecule has 0 saturated heterocycles. The Balaban J connectivity index is 2.03. The number of hydrogen-bond acceptors (Lipinski definition) is 2. The summed E-state index contributed by atoms with van der Waals surface area (Å²) in [4.78, 5) is 0. The molecule has 3 N–H and O–H groups in total. The van der Waals surface area contributed by atoms with E-state index in [9.17, 15) is 0 Å². The molecule has 2 rings (SSSR count). The second-order valence-electron chi connectivity index (χ2n) is 4.36. The maximum Gasteiger partial charge on any atom is 0.0577 e. The van der Waals surface area contributed by atoms with Gasteiger partial charge in [0.1, 0.15) is 0 Å². The summed E-state index contributed by atoms with van der Waals surface area (Å²) in [7, 11) is 0. The standard InChI is InChI=1S/C12H17ClN2/c1-8(9-3-2-4-9)15-12-6-5-10(13)7-11(12)14/h5-9,15H,2-4,14H2,1H3. The van der Waals surface area contributed by atoms with Gasteiger partial charge in [0.15, 0.2) is 0 Å². The Kier molecular flexibility index (Phi) is 3.06. The molecular formula is C12H17ClN2. The molecule has 1 saturated carbocycles. The minimum absolute atomic E-state index is 0.502. The monoisotopic (exact) mass is 224 g/mol. The van der Waals surface area contributed by atoms with Crippen LogP contribution < -0.4 is 11.1 Å². The van der Waals surface area contributed by atoms with Crippen LogP contribution in [0.3, 0.4) is 0 Å². The van der Waals surface area contributed by atoms with Gasteiger partial charge < -0.3 is 11.1 Å². The Bertz CT molecular complexity index is 347. The van der Waals surface area contributed by atoms with E-state index >= 15 is 0 Å². The zero-order valence-corrected chi connectivity index (χ0v) is 9.72. The molecule has 1 aromatic carbocycles. The van der Waals surface area contributed by atoms with Gasteiger partial charge in [0, 0.05) is 11.1 Å². The molecule has 3 heteroatoms. The quantitative estimate of drug-likeness (QED) is 0.771. The average molecular weight is 225 g/mol. The largest absolute Gasteiger partial charge is 0.397 e. The highest BCUT2D eigenvalue weighted by Gasteiger charge is 2.23. The molecule has 1 aliphatic carbocycles. The Labute approximate surface area is 95.8 Å². The fourth-order valence-electron chi connectivity index (χ4n) is 1.97. The van der Waals surface area contributed by atoms with Crippen LogP contribution in [0.25, 0.3) is 0 Å². The van der Waals surface area contributed by atoms with Gasteiger partial charge in [0.25, 0.3) is 0 Å². The van der Waals surface area contributed by atoms with Crippen LogP contribution in [0, 0.1) is 5.92 Å². The van der Waals surface area contributed by atoms with Crippen molar-refractivity contribution in [3.63, 3.8) is 0 Å². The summed E-state index contributed by atoms with van der Waals surface area (Å²) in [5.41, 5.74) is 7.61. The van der Waals surface area contributed by atoms with Crippen molar-refractivity contribution in [2.24, 2.45) is 5.92 Å². The molecule has 1 aliphatic rings. The first-order valence-electron chi connectivity index (χ1n) is 5.48. The van der Waals surface area contributed by atoms with Crippen molar-refractivity contribution >= 4 is 23.0 Å². The Morgan fingerprint density at radius 1 is 1.47 bits per heavy atom. The molecule has 1 fully saturated rings. The van der Waals surface area contributed by atoms with Crippen LogP contribution in [0.1, 0.15) is 26.2 Å². The first-order valence-corrected chi connectivity index (χ1v) is 5.86. The lowest BCUT2D eigenvalue weighted by Gasteiger charge is -2.32. The second kappa shape index (κ2) is 4.31. The van der Waals surface area contributed by atoms with Crippen LogP contribution in [-0.4, -0.2) is 6.04 Å². The summed E-state index contributed by atoms with van der Waals surface area (Å²) in [5, 5.41) is 4.14. The summed E-state index contributed by atoms with van der Waals surface area (Å²) in [6, 6.07) is 6.11. The van der Waals surface area contributed by atoms with Crippen LogP contribution >= 0.6 is 11.6 Å². The summed E-state index contributed by atoms with van der Waals surface area (Å²) >= 11 is 5.85. The number of nitrogen functional groups attached to an aromatic ring is 1. The van der Waals surface area contributed by atoms with Crippen molar-refractivity contribution in [2.75, 3.05) is 11.1 Å². The average Bonchev–Trinajstić information content (AvgIpc) is 2.07. The molecule has 1 unspecified atom stereocenters.